The SMILES string of the molecule is Cc1cc([N+](=O)[O-])c(C=O)cc1S(=O)(=O)Cl. The Labute approximate surface area is 95.4 Å². The third-order valence-corrected chi connectivity index (χ3v) is 3.37. The average Bonchev–Trinajstić information content (AvgIpc) is 2.15. The lowest BCUT2D eigenvalue weighted by molar-refractivity contribution is -0.385. The van der Waals surface area contributed by atoms with Gasteiger partial charge in [0.15, 0.2) is 6.29 Å². The lowest BCUT2D eigenvalue weighted by Gasteiger charge is -2.03. The molecule has 0 aliphatic rings. The van der Waals surface area contributed by atoms with Crippen molar-refractivity contribution >= 4 is 31.7 Å². The standard InChI is InChI=1S/C8H6ClNO5S/c1-5-2-7(10(12)13)6(4-11)3-8(5)16(9,14)15/h2-4H,1H3. The zero-order chi connectivity index (χ0) is 12.5. The zero-order valence-electron chi connectivity index (χ0n) is 8.01. The molecule has 16 heavy (non-hydrogen) atoms. The Morgan fingerprint density at radius 2 is 2.00 bits per heavy atom. The maximum absolute atomic E-state index is 11.1. The van der Waals surface area contributed by atoms with Gasteiger partial charge < -0.3 is 0 Å². The highest BCUT2D eigenvalue weighted by molar-refractivity contribution is 8.13. The van der Waals surface area contributed by atoms with Crippen molar-refractivity contribution in [2.75, 3.05) is 0 Å². The van der Waals surface area contributed by atoms with E-state index in [2.05, 4.69) is 0 Å². The number of carbonyl (C=O) groups excluding carboxylic acids is 1. The Morgan fingerprint density at radius 3 is 2.38 bits per heavy atom. The van der Waals surface area contributed by atoms with Gasteiger partial charge in [0.1, 0.15) is 0 Å². The molecule has 0 bridgehead atoms. The molecule has 0 radical (unpaired) electrons. The molecule has 0 spiro atoms. The van der Waals surface area contributed by atoms with E-state index in [9.17, 15) is 23.3 Å². The Balaban J connectivity index is 3.62. The van der Waals surface area contributed by atoms with Gasteiger partial charge in [0, 0.05) is 16.7 Å². The van der Waals surface area contributed by atoms with Crippen LogP contribution < -0.4 is 0 Å². The molecule has 1 aromatic rings. The molecule has 0 atom stereocenters. The van der Waals surface area contributed by atoms with Crippen molar-refractivity contribution in [3.8, 4) is 0 Å². The summed E-state index contributed by atoms with van der Waals surface area (Å²) in [6, 6.07) is 1.89. The third kappa shape index (κ3) is 2.37. The minimum Gasteiger partial charge on any atom is -0.298 e. The van der Waals surface area contributed by atoms with Crippen LogP contribution in [0.25, 0.3) is 0 Å². The van der Waals surface area contributed by atoms with Gasteiger partial charge in [-0.1, -0.05) is 0 Å². The van der Waals surface area contributed by atoms with Crippen LogP contribution in [0.3, 0.4) is 0 Å². The van der Waals surface area contributed by atoms with Crippen LogP contribution in [0, 0.1) is 17.0 Å². The summed E-state index contributed by atoms with van der Waals surface area (Å²) in [5, 5.41) is 10.6. The van der Waals surface area contributed by atoms with Gasteiger partial charge in [-0.05, 0) is 18.6 Å². The molecule has 0 amide bonds. The van der Waals surface area contributed by atoms with Crippen LogP contribution in [0.1, 0.15) is 15.9 Å². The summed E-state index contributed by atoms with van der Waals surface area (Å²) >= 11 is 0. The van der Waals surface area contributed by atoms with Crippen LogP contribution in [-0.2, 0) is 9.05 Å². The van der Waals surface area contributed by atoms with Gasteiger partial charge in [0.2, 0.25) is 0 Å². The number of nitrogens with zero attached hydrogens (tertiary/aromatic N) is 1. The molecule has 8 heteroatoms. The summed E-state index contributed by atoms with van der Waals surface area (Å²) in [7, 11) is 1.09. The number of carbonyl (C=O) groups is 1. The van der Waals surface area contributed by atoms with Crippen molar-refractivity contribution in [3.63, 3.8) is 0 Å². The highest BCUT2D eigenvalue weighted by atomic mass is 35.7. The number of rotatable bonds is 3. The summed E-state index contributed by atoms with van der Waals surface area (Å²) in [6.45, 7) is 1.36. The molecule has 0 aliphatic carbocycles. The van der Waals surface area contributed by atoms with E-state index < -0.39 is 19.7 Å². The number of aldehydes is 1. The lowest BCUT2D eigenvalue weighted by atomic mass is 10.1. The number of nitro groups is 1. The van der Waals surface area contributed by atoms with E-state index in [4.69, 9.17) is 10.7 Å². The minimum absolute atomic E-state index is 0.118. The second-order valence-corrected chi connectivity index (χ2v) is 5.52. The monoisotopic (exact) mass is 263 g/mol. The van der Waals surface area contributed by atoms with E-state index in [1.54, 1.807) is 0 Å². The molecule has 6 nitrogen and oxygen atoms in total. The van der Waals surface area contributed by atoms with Crippen LogP contribution >= 0.6 is 10.7 Å². The maximum atomic E-state index is 11.1. The lowest BCUT2D eigenvalue weighted by Crippen LogP contribution is -2.01. The fourth-order valence-electron chi connectivity index (χ4n) is 1.20. The van der Waals surface area contributed by atoms with E-state index in [1.165, 1.54) is 6.92 Å². The quantitative estimate of drug-likeness (QED) is 0.358. The molecule has 1 aromatic carbocycles. The number of hydrogen-bond donors (Lipinski definition) is 0. The van der Waals surface area contributed by atoms with Crippen molar-refractivity contribution in [1.29, 1.82) is 0 Å². The predicted molar refractivity (Wildman–Crippen MR) is 56.3 cm³/mol. The second-order valence-electron chi connectivity index (χ2n) is 2.99. The van der Waals surface area contributed by atoms with Gasteiger partial charge in [-0.15, -0.1) is 0 Å². The topological polar surface area (TPSA) is 94.3 Å². The number of aryl methyl sites for hydroxylation is 1. The van der Waals surface area contributed by atoms with Gasteiger partial charge in [-0.3, -0.25) is 14.9 Å². The molecule has 0 saturated heterocycles. The van der Waals surface area contributed by atoms with E-state index in [-0.39, 0.29) is 22.3 Å². The molecule has 0 fully saturated rings. The first-order valence-electron chi connectivity index (χ1n) is 3.96. The van der Waals surface area contributed by atoms with Crippen LogP contribution in [0.15, 0.2) is 17.0 Å². The minimum atomic E-state index is -4.02. The fraction of sp³-hybridized carbons (Fsp3) is 0.125. The smallest absolute Gasteiger partial charge is 0.280 e. The predicted octanol–water partition coefficient (Wildman–Crippen LogP) is 1.64. The first-order chi connectivity index (χ1) is 7.27. The van der Waals surface area contributed by atoms with Crippen molar-refractivity contribution in [1.82, 2.24) is 0 Å². The van der Waals surface area contributed by atoms with Gasteiger partial charge in [-0.25, -0.2) is 8.42 Å². The Bertz CT molecular complexity index is 566. The van der Waals surface area contributed by atoms with E-state index in [1.807, 2.05) is 0 Å². The fourth-order valence-corrected chi connectivity index (χ4v) is 2.41. The largest absolute Gasteiger partial charge is 0.298 e. The maximum Gasteiger partial charge on any atom is 0.280 e. The van der Waals surface area contributed by atoms with Crippen molar-refractivity contribution in [2.24, 2.45) is 0 Å². The highest BCUT2D eigenvalue weighted by Gasteiger charge is 2.21. The average molecular weight is 264 g/mol. The molecule has 0 aliphatic heterocycles. The van der Waals surface area contributed by atoms with Gasteiger partial charge in [-0.2, -0.15) is 0 Å². The van der Waals surface area contributed by atoms with Crippen molar-refractivity contribution in [3.05, 3.63) is 33.4 Å². The summed E-state index contributed by atoms with van der Waals surface area (Å²) in [5.74, 6) is 0. The van der Waals surface area contributed by atoms with Crippen LogP contribution in [0.4, 0.5) is 5.69 Å². The molecule has 86 valence electrons. The van der Waals surface area contributed by atoms with E-state index >= 15 is 0 Å². The number of halogens is 1. The molecule has 0 aromatic heterocycles. The molecular formula is C8H6ClNO5S. The molecule has 0 N–H and O–H groups in total. The van der Waals surface area contributed by atoms with Crippen LogP contribution in [-0.4, -0.2) is 19.6 Å². The van der Waals surface area contributed by atoms with E-state index in [0.717, 1.165) is 12.1 Å². The molecule has 0 saturated carbocycles. The second kappa shape index (κ2) is 4.18. The van der Waals surface area contributed by atoms with Gasteiger partial charge >= 0.3 is 0 Å². The first-order valence-corrected chi connectivity index (χ1v) is 6.27. The molecule has 0 unspecified atom stereocenters. The Kier molecular flexibility index (Phi) is 3.30. The summed E-state index contributed by atoms with van der Waals surface area (Å²) in [6.07, 6.45) is 0.211. The first kappa shape index (κ1) is 12.6. The van der Waals surface area contributed by atoms with Crippen molar-refractivity contribution in [2.45, 2.75) is 11.8 Å². The molecule has 0 heterocycles. The number of hydrogen-bond acceptors (Lipinski definition) is 5. The van der Waals surface area contributed by atoms with Crippen LogP contribution in [0.5, 0.6) is 0 Å². The van der Waals surface area contributed by atoms with E-state index in [0.29, 0.717) is 0 Å². The van der Waals surface area contributed by atoms with Crippen molar-refractivity contribution < 1.29 is 18.1 Å². The normalized spacial score (nSPS) is 11.1. The Hall–Kier alpha value is -1.47. The van der Waals surface area contributed by atoms with Gasteiger partial charge in [0.05, 0.1) is 15.4 Å². The van der Waals surface area contributed by atoms with Crippen LogP contribution in [0.2, 0.25) is 0 Å². The summed E-state index contributed by atoms with van der Waals surface area (Å²) in [5.41, 5.74) is -0.654. The molecular weight excluding hydrogens is 258 g/mol. The van der Waals surface area contributed by atoms with Gasteiger partial charge in [0.25, 0.3) is 14.7 Å². The highest BCUT2D eigenvalue weighted by Crippen LogP contribution is 2.27. The number of benzene rings is 1. The molecule has 1 rings (SSSR count). The summed E-state index contributed by atoms with van der Waals surface area (Å²) in [4.78, 5) is 20.1. The number of nitro benzene ring substituents is 1. The summed E-state index contributed by atoms with van der Waals surface area (Å²) < 4.78 is 22.2. The Morgan fingerprint density at radius 1 is 1.44 bits per heavy atom. The third-order valence-electron chi connectivity index (χ3n) is 1.91. The zero-order valence-corrected chi connectivity index (χ0v) is 9.58.